The molecule has 0 bridgehead atoms. The number of nitrogens with zero attached hydrogens (tertiary/aromatic N) is 4. The average Bonchev–Trinajstić information content (AvgIpc) is 3.21. The van der Waals surface area contributed by atoms with Gasteiger partial charge in [-0.3, -0.25) is 9.69 Å². The van der Waals surface area contributed by atoms with Crippen molar-refractivity contribution in [3.05, 3.63) is 65.2 Å². The molecule has 1 fully saturated rings. The van der Waals surface area contributed by atoms with E-state index < -0.39 is 0 Å². The molecule has 2 aliphatic heterocycles. The van der Waals surface area contributed by atoms with Crippen molar-refractivity contribution in [1.29, 1.82) is 0 Å². The summed E-state index contributed by atoms with van der Waals surface area (Å²) in [6.45, 7) is 6.34. The first-order valence-electron chi connectivity index (χ1n) is 10.6. The highest BCUT2D eigenvalue weighted by atomic mass is 16.5. The molecule has 4 rings (SSSR count). The van der Waals surface area contributed by atoms with E-state index in [0.29, 0.717) is 13.0 Å². The van der Waals surface area contributed by atoms with E-state index in [1.807, 2.05) is 36.4 Å². The van der Waals surface area contributed by atoms with Gasteiger partial charge in [0.25, 0.3) is 5.91 Å². The molecule has 0 radical (unpaired) electrons. The van der Waals surface area contributed by atoms with Gasteiger partial charge < -0.3 is 9.64 Å². The lowest BCUT2D eigenvalue weighted by atomic mass is 9.95. The minimum atomic E-state index is -0.0664. The molecule has 1 atom stereocenters. The molecule has 30 heavy (non-hydrogen) atoms. The number of piperazine rings is 1. The largest absolute Gasteiger partial charge is 0.497 e. The van der Waals surface area contributed by atoms with Crippen LogP contribution in [0.5, 0.6) is 5.75 Å². The van der Waals surface area contributed by atoms with Crippen LogP contribution in [0.2, 0.25) is 0 Å². The third-order valence-corrected chi connectivity index (χ3v) is 6.09. The third-order valence-electron chi connectivity index (χ3n) is 6.09. The molecule has 2 aliphatic rings. The Bertz CT molecular complexity index is 917. The van der Waals surface area contributed by atoms with E-state index >= 15 is 0 Å². The molecule has 0 saturated carbocycles. The van der Waals surface area contributed by atoms with Crippen molar-refractivity contribution < 1.29 is 9.53 Å². The molecule has 1 unspecified atom stereocenters. The number of hydrogen-bond donors (Lipinski definition) is 0. The Kier molecular flexibility index (Phi) is 6.16. The molecule has 1 saturated heterocycles. The number of hydrazone groups is 1. The second-order valence-electron chi connectivity index (χ2n) is 8.17. The standard InChI is InChI=1S/C24H30N4O2/c1-18-6-4-5-7-21(18)23-16-22(19-8-10-20(30-3)11-9-19)25-28(23)24(29)17-27-14-12-26(2)13-15-27/h4-11,23H,12-17H2,1-3H3. The van der Waals surface area contributed by atoms with Gasteiger partial charge in [-0.2, -0.15) is 5.10 Å². The van der Waals surface area contributed by atoms with E-state index in [9.17, 15) is 4.79 Å². The first kappa shape index (κ1) is 20.6. The van der Waals surface area contributed by atoms with Crippen LogP contribution < -0.4 is 4.74 Å². The Morgan fingerprint density at radius 1 is 1.07 bits per heavy atom. The van der Waals surface area contributed by atoms with Crippen LogP contribution in [-0.2, 0) is 4.79 Å². The van der Waals surface area contributed by atoms with Crippen LogP contribution in [0.3, 0.4) is 0 Å². The van der Waals surface area contributed by atoms with Gasteiger partial charge in [-0.05, 0) is 54.9 Å². The van der Waals surface area contributed by atoms with Crippen LogP contribution in [0.25, 0.3) is 0 Å². The summed E-state index contributed by atoms with van der Waals surface area (Å²) in [7, 11) is 3.79. The molecule has 0 aliphatic carbocycles. The molecular formula is C24H30N4O2. The monoisotopic (exact) mass is 406 g/mol. The summed E-state index contributed by atoms with van der Waals surface area (Å²) in [6.07, 6.45) is 0.714. The summed E-state index contributed by atoms with van der Waals surface area (Å²) in [5.41, 5.74) is 4.32. The summed E-state index contributed by atoms with van der Waals surface area (Å²) in [6, 6.07) is 16.1. The lowest BCUT2D eigenvalue weighted by Gasteiger charge is -2.33. The average molecular weight is 407 g/mol. The number of amides is 1. The summed E-state index contributed by atoms with van der Waals surface area (Å²) in [5.74, 6) is 0.882. The molecule has 2 heterocycles. The van der Waals surface area contributed by atoms with Crippen LogP contribution in [0.4, 0.5) is 0 Å². The van der Waals surface area contributed by atoms with E-state index in [0.717, 1.165) is 48.8 Å². The van der Waals surface area contributed by atoms with E-state index in [2.05, 4.69) is 35.9 Å². The number of benzene rings is 2. The van der Waals surface area contributed by atoms with Crippen molar-refractivity contribution in [3.8, 4) is 5.75 Å². The molecule has 0 aromatic heterocycles. The van der Waals surface area contributed by atoms with Crippen molar-refractivity contribution in [2.45, 2.75) is 19.4 Å². The van der Waals surface area contributed by atoms with E-state index in [1.165, 1.54) is 5.56 Å². The fourth-order valence-corrected chi connectivity index (χ4v) is 4.17. The van der Waals surface area contributed by atoms with Gasteiger partial charge >= 0.3 is 0 Å². The second kappa shape index (κ2) is 8.98. The lowest BCUT2D eigenvalue weighted by Crippen LogP contribution is -2.48. The van der Waals surface area contributed by atoms with E-state index in [4.69, 9.17) is 9.84 Å². The number of methoxy groups -OCH3 is 1. The van der Waals surface area contributed by atoms with Crippen LogP contribution in [0.1, 0.15) is 29.2 Å². The first-order valence-corrected chi connectivity index (χ1v) is 10.6. The number of ether oxygens (including phenoxy) is 1. The topological polar surface area (TPSA) is 48.4 Å². The van der Waals surface area contributed by atoms with E-state index in [-0.39, 0.29) is 11.9 Å². The Labute approximate surface area is 178 Å². The maximum Gasteiger partial charge on any atom is 0.257 e. The van der Waals surface area contributed by atoms with Crippen molar-refractivity contribution in [2.24, 2.45) is 5.10 Å². The smallest absolute Gasteiger partial charge is 0.257 e. The van der Waals surface area contributed by atoms with Gasteiger partial charge in [-0.1, -0.05) is 24.3 Å². The van der Waals surface area contributed by atoms with Crippen LogP contribution in [0, 0.1) is 6.92 Å². The van der Waals surface area contributed by atoms with Gasteiger partial charge in [-0.25, -0.2) is 5.01 Å². The van der Waals surface area contributed by atoms with Crippen molar-refractivity contribution in [3.63, 3.8) is 0 Å². The predicted molar refractivity (Wildman–Crippen MR) is 119 cm³/mol. The Balaban J connectivity index is 1.59. The normalized spacial score (nSPS) is 20.3. The highest BCUT2D eigenvalue weighted by molar-refractivity contribution is 6.03. The molecule has 2 aromatic rings. The van der Waals surface area contributed by atoms with Crippen LogP contribution in [0.15, 0.2) is 53.6 Å². The quantitative estimate of drug-likeness (QED) is 0.766. The zero-order chi connectivity index (χ0) is 21.1. The highest BCUT2D eigenvalue weighted by Crippen LogP contribution is 2.34. The van der Waals surface area contributed by atoms with Gasteiger partial charge in [-0.15, -0.1) is 0 Å². The third kappa shape index (κ3) is 4.40. The van der Waals surface area contributed by atoms with Gasteiger partial charge in [0.2, 0.25) is 0 Å². The van der Waals surface area contributed by atoms with Gasteiger partial charge in [0.15, 0.2) is 0 Å². The maximum absolute atomic E-state index is 13.3. The van der Waals surface area contributed by atoms with E-state index in [1.54, 1.807) is 12.1 Å². The van der Waals surface area contributed by atoms with Crippen LogP contribution in [-0.4, -0.2) is 73.3 Å². The fraction of sp³-hybridized carbons (Fsp3) is 0.417. The summed E-state index contributed by atoms with van der Waals surface area (Å²) >= 11 is 0. The molecule has 6 heteroatoms. The minimum absolute atomic E-state index is 0.0660. The summed E-state index contributed by atoms with van der Waals surface area (Å²) in [4.78, 5) is 17.8. The molecule has 1 amide bonds. The lowest BCUT2D eigenvalue weighted by molar-refractivity contribution is -0.134. The molecule has 0 spiro atoms. The predicted octanol–water partition coefficient (Wildman–Crippen LogP) is 2.93. The molecule has 2 aromatic carbocycles. The van der Waals surface area contributed by atoms with Gasteiger partial charge in [0, 0.05) is 32.6 Å². The zero-order valence-corrected chi connectivity index (χ0v) is 18.0. The van der Waals surface area contributed by atoms with Crippen molar-refractivity contribution >= 4 is 11.6 Å². The SMILES string of the molecule is COc1ccc(C2=NN(C(=O)CN3CCN(C)CC3)C(c3ccccc3C)C2)cc1. The molecule has 158 valence electrons. The van der Waals surface area contributed by atoms with Crippen LogP contribution >= 0.6 is 0 Å². The highest BCUT2D eigenvalue weighted by Gasteiger charge is 2.34. The molecular weight excluding hydrogens is 376 g/mol. The fourth-order valence-electron chi connectivity index (χ4n) is 4.17. The Morgan fingerprint density at radius 3 is 2.43 bits per heavy atom. The van der Waals surface area contributed by atoms with Crippen molar-refractivity contribution in [1.82, 2.24) is 14.8 Å². The van der Waals surface area contributed by atoms with Crippen molar-refractivity contribution in [2.75, 3.05) is 46.9 Å². The zero-order valence-electron chi connectivity index (χ0n) is 18.0. The summed E-state index contributed by atoms with van der Waals surface area (Å²) < 4.78 is 5.28. The second-order valence-corrected chi connectivity index (χ2v) is 8.17. The molecule has 0 N–H and O–H groups in total. The number of carbonyl (C=O) groups is 1. The number of carbonyl (C=O) groups excluding carboxylic acids is 1. The Hall–Kier alpha value is -2.70. The number of aryl methyl sites for hydroxylation is 1. The number of rotatable bonds is 5. The number of hydrogen-bond acceptors (Lipinski definition) is 5. The number of likely N-dealkylation sites (N-methyl/N-ethyl adjacent to an activating group) is 1. The Morgan fingerprint density at radius 2 is 1.77 bits per heavy atom. The van der Waals surface area contributed by atoms with Gasteiger partial charge in [0.1, 0.15) is 5.75 Å². The minimum Gasteiger partial charge on any atom is -0.497 e. The molecule has 6 nitrogen and oxygen atoms in total. The first-order chi connectivity index (χ1) is 14.5. The summed E-state index contributed by atoms with van der Waals surface area (Å²) in [5, 5.41) is 6.54. The maximum atomic E-state index is 13.3. The van der Waals surface area contributed by atoms with Gasteiger partial charge in [0.05, 0.1) is 25.4 Å².